The summed E-state index contributed by atoms with van der Waals surface area (Å²) in [4.78, 5) is 26.8. The van der Waals surface area contributed by atoms with Crippen LogP contribution in [0.15, 0.2) is 48.5 Å². The van der Waals surface area contributed by atoms with Crippen LogP contribution in [0.3, 0.4) is 0 Å². The van der Waals surface area contributed by atoms with E-state index in [4.69, 9.17) is 9.47 Å². The Bertz CT molecular complexity index is 859. The van der Waals surface area contributed by atoms with Gasteiger partial charge >= 0.3 is 0 Å². The number of ether oxygens (including phenoxy) is 2. The zero-order valence-electron chi connectivity index (χ0n) is 16.6. The van der Waals surface area contributed by atoms with Gasteiger partial charge in [0.05, 0.1) is 13.2 Å². The number of hydrogen-bond donors (Lipinski definition) is 1. The zero-order valence-corrected chi connectivity index (χ0v) is 16.6. The van der Waals surface area contributed by atoms with E-state index in [0.29, 0.717) is 29.5 Å². The van der Waals surface area contributed by atoms with E-state index >= 15 is 0 Å². The Labute approximate surface area is 170 Å². The number of carbonyl (C=O) groups excluding carboxylic acids is 2. The topological polar surface area (TPSA) is 67.9 Å². The minimum Gasteiger partial charge on any atom is -0.497 e. The lowest BCUT2D eigenvalue weighted by Gasteiger charge is -2.25. The Morgan fingerprint density at radius 2 is 1.62 bits per heavy atom. The maximum atomic E-state index is 12.9. The molecule has 1 heterocycles. The number of hydrogen-bond acceptors (Lipinski definition) is 4. The van der Waals surface area contributed by atoms with Crippen molar-refractivity contribution in [1.29, 1.82) is 0 Å². The summed E-state index contributed by atoms with van der Waals surface area (Å²) in [6.07, 6.45) is 4.03. The number of nitrogens with zero attached hydrogens (tertiary/aromatic N) is 1. The maximum absolute atomic E-state index is 12.9. The Morgan fingerprint density at radius 1 is 0.966 bits per heavy atom. The Hall–Kier alpha value is -3.02. The number of nitrogens with one attached hydrogen (secondary N) is 1. The Kier molecular flexibility index (Phi) is 5.69. The number of likely N-dealkylation sites (tertiary alicyclic amines) is 1. The van der Waals surface area contributed by atoms with E-state index in [0.717, 1.165) is 38.0 Å². The lowest BCUT2D eigenvalue weighted by molar-refractivity contribution is 0.0691. The Balaban J connectivity index is 1.33. The van der Waals surface area contributed by atoms with Crippen LogP contribution in [0.4, 0.5) is 0 Å². The van der Waals surface area contributed by atoms with Gasteiger partial charge in [0, 0.05) is 23.7 Å². The molecule has 2 fully saturated rings. The summed E-state index contributed by atoms with van der Waals surface area (Å²) >= 11 is 0. The van der Waals surface area contributed by atoms with Gasteiger partial charge in [-0.2, -0.15) is 0 Å². The van der Waals surface area contributed by atoms with E-state index in [1.807, 2.05) is 17.0 Å². The molecule has 2 aromatic rings. The predicted octanol–water partition coefficient (Wildman–Crippen LogP) is 3.27. The third kappa shape index (κ3) is 4.70. The molecule has 0 bridgehead atoms. The largest absolute Gasteiger partial charge is 0.497 e. The van der Waals surface area contributed by atoms with Gasteiger partial charge in [0.1, 0.15) is 18.1 Å². The van der Waals surface area contributed by atoms with Crippen molar-refractivity contribution in [3.05, 3.63) is 59.7 Å². The first-order valence-corrected chi connectivity index (χ1v) is 10.1. The van der Waals surface area contributed by atoms with Gasteiger partial charge in [0.2, 0.25) is 0 Å². The van der Waals surface area contributed by atoms with E-state index in [9.17, 15) is 9.59 Å². The molecule has 1 saturated heterocycles. The molecule has 1 aliphatic heterocycles. The second kappa shape index (κ2) is 8.55. The molecule has 6 heteroatoms. The minimum atomic E-state index is -0.0360. The molecule has 29 heavy (non-hydrogen) atoms. The van der Waals surface area contributed by atoms with Crippen molar-refractivity contribution in [2.75, 3.05) is 20.3 Å². The van der Waals surface area contributed by atoms with Gasteiger partial charge in [-0.1, -0.05) is 0 Å². The van der Waals surface area contributed by atoms with Crippen LogP contribution < -0.4 is 14.8 Å². The van der Waals surface area contributed by atoms with Crippen molar-refractivity contribution in [1.82, 2.24) is 10.2 Å². The molecule has 2 aliphatic rings. The fourth-order valence-corrected chi connectivity index (χ4v) is 3.57. The fraction of sp³-hybridized carbons (Fsp3) is 0.391. The summed E-state index contributed by atoms with van der Waals surface area (Å²) in [5, 5.41) is 2.98. The molecule has 2 amide bonds. The zero-order chi connectivity index (χ0) is 20.2. The second-order valence-corrected chi connectivity index (χ2v) is 7.61. The third-order valence-corrected chi connectivity index (χ3v) is 5.45. The van der Waals surface area contributed by atoms with Crippen molar-refractivity contribution in [3.63, 3.8) is 0 Å². The van der Waals surface area contributed by atoms with Gasteiger partial charge in [0.25, 0.3) is 11.8 Å². The van der Waals surface area contributed by atoms with Gasteiger partial charge < -0.3 is 19.7 Å². The molecule has 152 valence electrons. The molecule has 1 aliphatic carbocycles. The summed E-state index contributed by atoms with van der Waals surface area (Å²) in [5.41, 5.74) is 1.30. The summed E-state index contributed by atoms with van der Waals surface area (Å²) < 4.78 is 11.1. The molecule has 6 nitrogen and oxygen atoms in total. The molecule has 0 aromatic heterocycles. The van der Waals surface area contributed by atoms with E-state index < -0.39 is 0 Å². The van der Waals surface area contributed by atoms with Crippen molar-refractivity contribution in [3.8, 4) is 11.5 Å². The van der Waals surface area contributed by atoms with Crippen molar-refractivity contribution in [2.45, 2.75) is 37.8 Å². The third-order valence-electron chi connectivity index (χ3n) is 5.45. The number of methoxy groups -OCH3 is 1. The average molecular weight is 394 g/mol. The molecular formula is C23H26N2O4. The highest BCUT2D eigenvalue weighted by Crippen LogP contribution is 2.23. The summed E-state index contributed by atoms with van der Waals surface area (Å²) in [6.45, 7) is 1.18. The first-order chi connectivity index (χ1) is 14.1. The van der Waals surface area contributed by atoms with Crippen molar-refractivity contribution in [2.24, 2.45) is 0 Å². The first kappa shape index (κ1) is 19.3. The molecule has 0 spiro atoms. The number of benzene rings is 2. The normalized spacial score (nSPS) is 18.4. The summed E-state index contributed by atoms with van der Waals surface area (Å²) in [7, 11) is 1.61. The minimum absolute atomic E-state index is 0.0193. The molecule has 1 N–H and O–H groups in total. The second-order valence-electron chi connectivity index (χ2n) is 7.61. The van der Waals surface area contributed by atoms with Crippen LogP contribution >= 0.6 is 0 Å². The van der Waals surface area contributed by atoms with Crippen LogP contribution in [0.2, 0.25) is 0 Å². The summed E-state index contributed by atoms with van der Waals surface area (Å²) in [5.74, 6) is 1.42. The molecule has 0 radical (unpaired) electrons. The molecule has 1 saturated carbocycles. The molecular weight excluding hydrogens is 368 g/mol. The van der Waals surface area contributed by atoms with Crippen LogP contribution in [0.5, 0.6) is 11.5 Å². The maximum Gasteiger partial charge on any atom is 0.254 e. The van der Waals surface area contributed by atoms with Crippen LogP contribution in [0.25, 0.3) is 0 Å². The average Bonchev–Trinajstić information content (AvgIpc) is 3.45. The number of rotatable bonds is 7. The molecule has 0 unspecified atom stereocenters. The van der Waals surface area contributed by atoms with Crippen LogP contribution in [0, 0.1) is 0 Å². The standard InChI is InChI=1S/C23H26N2O4/c1-28-20-10-6-17(7-11-20)23(27)25-14-2-3-19(25)15-29-21-12-4-16(5-13-21)22(26)24-18-8-9-18/h4-7,10-13,18-19H,2-3,8-9,14-15H2,1H3,(H,24,26)/t19-/m0/s1. The SMILES string of the molecule is COc1ccc(C(=O)N2CCC[C@H]2COc2ccc(C(=O)NC3CC3)cc2)cc1. The van der Waals surface area contributed by atoms with E-state index in [1.165, 1.54) is 0 Å². The van der Waals surface area contributed by atoms with Crippen molar-refractivity contribution < 1.29 is 19.1 Å². The van der Waals surface area contributed by atoms with Crippen LogP contribution in [-0.4, -0.2) is 49.1 Å². The van der Waals surface area contributed by atoms with E-state index in [-0.39, 0.29) is 17.9 Å². The van der Waals surface area contributed by atoms with Gasteiger partial charge in [-0.15, -0.1) is 0 Å². The quantitative estimate of drug-likeness (QED) is 0.783. The van der Waals surface area contributed by atoms with Crippen LogP contribution in [-0.2, 0) is 0 Å². The van der Waals surface area contributed by atoms with Gasteiger partial charge in [-0.25, -0.2) is 0 Å². The van der Waals surface area contributed by atoms with Gasteiger partial charge in [-0.05, 0) is 74.2 Å². The van der Waals surface area contributed by atoms with Gasteiger partial charge in [0.15, 0.2) is 0 Å². The smallest absolute Gasteiger partial charge is 0.254 e. The van der Waals surface area contributed by atoms with Crippen molar-refractivity contribution >= 4 is 11.8 Å². The van der Waals surface area contributed by atoms with E-state index in [1.54, 1.807) is 43.5 Å². The number of carbonyl (C=O) groups is 2. The first-order valence-electron chi connectivity index (χ1n) is 10.1. The monoisotopic (exact) mass is 394 g/mol. The highest BCUT2D eigenvalue weighted by atomic mass is 16.5. The molecule has 1 atom stereocenters. The molecule has 2 aromatic carbocycles. The molecule has 4 rings (SSSR count). The number of amides is 2. The van der Waals surface area contributed by atoms with Crippen LogP contribution in [0.1, 0.15) is 46.4 Å². The van der Waals surface area contributed by atoms with E-state index in [2.05, 4.69) is 5.32 Å². The van der Waals surface area contributed by atoms with Gasteiger partial charge in [-0.3, -0.25) is 9.59 Å². The summed E-state index contributed by atoms with van der Waals surface area (Å²) in [6, 6.07) is 14.8. The fourth-order valence-electron chi connectivity index (χ4n) is 3.57. The highest BCUT2D eigenvalue weighted by molar-refractivity contribution is 5.95. The lowest BCUT2D eigenvalue weighted by Crippen LogP contribution is -2.39. The predicted molar refractivity (Wildman–Crippen MR) is 109 cm³/mol. The highest BCUT2D eigenvalue weighted by Gasteiger charge is 2.30. The Morgan fingerprint density at radius 3 is 2.28 bits per heavy atom. The lowest BCUT2D eigenvalue weighted by atomic mass is 10.1.